The molecule has 0 aliphatic carbocycles. The number of amides is 1. The van der Waals surface area contributed by atoms with Crippen LogP contribution in [-0.4, -0.2) is 78.3 Å². The van der Waals surface area contributed by atoms with E-state index >= 15 is 0 Å². The molecule has 2 atom stereocenters. The Kier molecular flexibility index (Phi) is 7.62. The lowest BCUT2D eigenvalue weighted by molar-refractivity contribution is -0.385. The molecule has 4 rings (SSSR count). The van der Waals surface area contributed by atoms with E-state index in [1.165, 1.54) is 16.4 Å². The highest BCUT2D eigenvalue weighted by Crippen LogP contribution is 2.31. The standard InChI is InChI=1S/C22H31N3O6S2/c1-16-4-5-18(25(27)28)13-21(16)33(29,30)23-9-6-17(7-10-23)22(26)24(19-8-12-32-15-19)14-20-3-2-11-31-20/h4-5,13,17,19-20H,2-3,6-12,14-15H2,1H3. The number of piperidine rings is 1. The number of ether oxygens (including phenoxy) is 1. The molecule has 1 aromatic carbocycles. The van der Waals surface area contributed by atoms with Crippen molar-refractivity contribution in [1.29, 1.82) is 0 Å². The summed E-state index contributed by atoms with van der Waals surface area (Å²) < 4.78 is 33.6. The minimum atomic E-state index is -3.87. The molecule has 3 aliphatic rings. The van der Waals surface area contributed by atoms with Crippen LogP contribution in [0.5, 0.6) is 0 Å². The Morgan fingerprint density at radius 3 is 2.64 bits per heavy atom. The van der Waals surface area contributed by atoms with E-state index in [2.05, 4.69) is 0 Å². The summed E-state index contributed by atoms with van der Waals surface area (Å²) in [6, 6.07) is 4.12. The Morgan fingerprint density at radius 2 is 2.03 bits per heavy atom. The minimum absolute atomic E-state index is 0.0375. The molecule has 11 heteroatoms. The van der Waals surface area contributed by atoms with Crippen LogP contribution in [0.25, 0.3) is 0 Å². The molecule has 0 N–H and O–H groups in total. The first-order chi connectivity index (χ1) is 15.8. The molecule has 0 spiro atoms. The van der Waals surface area contributed by atoms with Crippen molar-refractivity contribution in [3.05, 3.63) is 33.9 Å². The molecule has 9 nitrogen and oxygen atoms in total. The van der Waals surface area contributed by atoms with E-state index in [-0.39, 0.29) is 47.6 Å². The van der Waals surface area contributed by atoms with Crippen LogP contribution in [0.15, 0.2) is 23.1 Å². The predicted molar refractivity (Wildman–Crippen MR) is 126 cm³/mol. The molecule has 3 saturated heterocycles. The van der Waals surface area contributed by atoms with Crippen LogP contribution in [0, 0.1) is 23.0 Å². The largest absolute Gasteiger partial charge is 0.376 e. The van der Waals surface area contributed by atoms with Gasteiger partial charge >= 0.3 is 0 Å². The quantitative estimate of drug-likeness (QED) is 0.421. The Hall–Kier alpha value is -1.69. The highest BCUT2D eigenvalue weighted by Gasteiger charge is 2.38. The highest BCUT2D eigenvalue weighted by molar-refractivity contribution is 7.99. The lowest BCUT2D eigenvalue weighted by Crippen LogP contribution is -2.50. The second kappa shape index (κ2) is 10.3. The summed E-state index contributed by atoms with van der Waals surface area (Å²) in [7, 11) is -3.87. The molecule has 0 bridgehead atoms. The zero-order valence-corrected chi connectivity index (χ0v) is 20.5. The van der Waals surface area contributed by atoms with E-state index < -0.39 is 14.9 Å². The Bertz CT molecular complexity index is 982. The molecule has 2 unspecified atom stereocenters. The van der Waals surface area contributed by atoms with Crippen molar-refractivity contribution < 1.29 is 22.9 Å². The van der Waals surface area contributed by atoms with Gasteiger partial charge in [-0.15, -0.1) is 0 Å². The number of hydrogen-bond acceptors (Lipinski definition) is 7. The van der Waals surface area contributed by atoms with Crippen LogP contribution in [-0.2, 0) is 19.6 Å². The van der Waals surface area contributed by atoms with Gasteiger partial charge < -0.3 is 9.64 Å². The SMILES string of the molecule is Cc1ccc([N+](=O)[O-])cc1S(=O)(=O)N1CCC(C(=O)N(CC2CCCO2)C2CCSC2)CC1. The van der Waals surface area contributed by atoms with Crippen molar-refractivity contribution in [2.45, 2.75) is 56.1 Å². The van der Waals surface area contributed by atoms with Gasteiger partial charge in [0.2, 0.25) is 15.9 Å². The zero-order chi connectivity index (χ0) is 23.6. The van der Waals surface area contributed by atoms with Crippen molar-refractivity contribution in [1.82, 2.24) is 9.21 Å². The smallest absolute Gasteiger partial charge is 0.270 e. The fourth-order valence-electron chi connectivity index (χ4n) is 4.89. The maximum Gasteiger partial charge on any atom is 0.270 e. The number of non-ortho nitro benzene ring substituents is 1. The van der Waals surface area contributed by atoms with Gasteiger partial charge in [-0.1, -0.05) is 6.07 Å². The number of carbonyl (C=O) groups is 1. The molecule has 0 aromatic heterocycles. The third kappa shape index (κ3) is 5.36. The summed E-state index contributed by atoms with van der Waals surface area (Å²) in [6.07, 6.45) is 3.99. The highest BCUT2D eigenvalue weighted by atomic mass is 32.2. The van der Waals surface area contributed by atoms with E-state index in [1.807, 2.05) is 16.7 Å². The fourth-order valence-corrected chi connectivity index (χ4v) is 7.83. The second-order valence-electron chi connectivity index (χ2n) is 9.03. The number of nitro groups is 1. The summed E-state index contributed by atoms with van der Waals surface area (Å²) in [6.45, 7) is 3.46. The monoisotopic (exact) mass is 497 g/mol. The summed E-state index contributed by atoms with van der Waals surface area (Å²) in [5, 5.41) is 11.1. The van der Waals surface area contributed by atoms with Gasteiger partial charge in [-0.05, 0) is 50.3 Å². The van der Waals surface area contributed by atoms with Crippen LogP contribution >= 0.6 is 11.8 Å². The number of thioether (sulfide) groups is 1. The van der Waals surface area contributed by atoms with Gasteiger partial charge in [0.25, 0.3) is 5.69 Å². The normalized spacial score (nSPS) is 24.8. The first-order valence-electron chi connectivity index (χ1n) is 11.5. The number of nitrogens with zero attached hydrogens (tertiary/aromatic N) is 3. The lowest BCUT2D eigenvalue weighted by Gasteiger charge is -2.37. The fraction of sp³-hybridized carbons (Fsp3) is 0.682. The number of benzene rings is 1. The van der Waals surface area contributed by atoms with Crippen molar-refractivity contribution in [3.8, 4) is 0 Å². The summed E-state index contributed by atoms with van der Waals surface area (Å²) in [4.78, 5) is 26.0. The number of sulfonamides is 1. The van der Waals surface area contributed by atoms with Crippen molar-refractivity contribution in [3.63, 3.8) is 0 Å². The van der Waals surface area contributed by atoms with Crippen LogP contribution in [0.4, 0.5) is 5.69 Å². The van der Waals surface area contributed by atoms with Gasteiger partial charge in [0.15, 0.2) is 0 Å². The molecule has 1 amide bonds. The van der Waals surface area contributed by atoms with Crippen LogP contribution in [0.1, 0.15) is 37.7 Å². The van der Waals surface area contributed by atoms with Gasteiger partial charge in [0.05, 0.1) is 15.9 Å². The summed E-state index contributed by atoms with van der Waals surface area (Å²) in [5.41, 5.74) is 0.226. The van der Waals surface area contributed by atoms with E-state index in [0.29, 0.717) is 24.9 Å². The molecular weight excluding hydrogens is 466 g/mol. The third-order valence-corrected chi connectivity index (χ3v) is 10.0. The number of carbonyl (C=O) groups excluding carboxylic acids is 1. The third-order valence-electron chi connectivity index (χ3n) is 6.86. The van der Waals surface area contributed by atoms with Gasteiger partial charge in [-0.3, -0.25) is 14.9 Å². The first kappa shape index (κ1) is 24.4. The molecule has 0 saturated carbocycles. The average molecular weight is 498 g/mol. The summed E-state index contributed by atoms with van der Waals surface area (Å²) >= 11 is 1.87. The topological polar surface area (TPSA) is 110 Å². The molecule has 3 heterocycles. The first-order valence-corrected chi connectivity index (χ1v) is 14.1. The molecule has 3 aliphatic heterocycles. The molecule has 3 fully saturated rings. The van der Waals surface area contributed by atoms with Crippen molar-refractivity contribution in [2.24, 2.45) is 5.92 Å². The Morgan fingerprint density at radius 1 is 1.27 bits per heavy atom. The van der Waals surface area contributed by atoms with Crippen LogP contribution in [0.2, 0.25) is 0 Å². The van der Waals surface area contributed by atoms with E-state index in [1.54, 1.807) is 6.92 Å². The maximum absolute atomic E-state index is 13.5. The van der Waals surface area contributed by atoms with E-state index in [0.717, 1.165) is 43.4 Å². The number of aryl methyl sites for hydroxylation is 1. The second-order valence-corrected chi connectivity index (χ2v) is 12.1. The maximum atomic E-state index is 13.5. The van der Waals surface area contributed by atoms with Gasteiger partial charge in [0.1, 0.15) is 0 Å². The van der Waals surface area contributed by atoms with Crippen molar-refractivity contribution in [2.75, 3.05) is 37.7 Å². The minimum Gasteiger partial charge on any atom is -0.376 e. The van der Waals surface area contributed by atoms with E-state index in [9.17, 15) is 23.3 Å². The number of hydrogen-bond donors (Lipinski definition) is 0. The van der Waals surface area contributed by atoms with E-state index in [4.69, 9.17) is 4.74 Å². The molecule has 1 aromatic rings. The Balaban J connectivity index is 1.44. The van der Waals surface area contributed by atoms with Crippen LogP contribution < -0.4 is 0 Å². The molecular formula is C22H31N3O6S2. The molecule has 182 valence electrons. The Labute approximate surface area is 199 Å². The number of rotatable bonds is 7. The lowest BCUT2D eigenvalue weighted by atomic mass is 9.95. The zero-order valence-electron chi connectivity index (χ0n) is 18.8. The predicted octanol–water partition coefficient (Wildman–Crippen LogP) is 2.82. The van der Waals surface area contributed by atoms with Crippen LogP contribution in [0.3, 0.4) is 0 Å². The summed E-state index contributed by atoms with van der Waals surface area (Å²) in [5.74, 6) is 1.90. The molecule has 33 heavy (non-hydrogen) atoms. The number of nitro benzene ring substituents is 1. The molecule has 0 radical (unpaired) electrons. The average Bonchev–Trinajstić information content (AvgIpc) is 3.51. The van der Waals surface area contributed by atoms with Gasteiger partial charge in [-0.2, -0.15) is 16.1 Å². The van der Waals surface area contributed by atoms with Crippen molar-refractivity contribution >= 4 is 33.4 Å². The van der Waals surface area contributed by atoms with Gasteiger partial charge in [-0.25, -0.2) is 8.42 Å². The van der Waals surface area contributed by atoms with Gasteiger partial charge in [0, 0.05) is 56.1 Å².